The van der Waals surface area contributed by atoms with Crippen LogP contribution in [0.25, 0.3) is 0 Å². The molecule has 0 aromatic carbocycles. The van der Waals surface area contributed by atoms with Crippen LogP contribution in [0.3, 0.4) is 0 Å². The summed E-state index contributed by atoms with van der Waals surface area (Å²) in [5, 5.41) is 2.47. The summed E-state index contributed by atoms with van der Waals surface area (Å²) in [6, 6.07) is 1.42. The van der Waals surface area contributed by atoms with Crippen LogP contribution < -0.4 is 11.1 Å². The molecule has 88 valence electrons. The van der Waals surface area contributed by atoms with E-state index >= 15 is 0 Å². The summed E-state index contributed by atoms with van der Waals surface area (Å²) in [6.07, 6.45) is 3.30. The molecule has 3 N–H and O–H groups in total. The molecule has 0 spiro atoms. The number of halogens is 1. The Morgan fingerprint density at radius 3 is 2.88 bits per heavy atom. The van der Waals surface area contributed by atoms with E-state index in [1.165, 1.54) is 12.3 Å². The van der Waals surface area contributed by atoms with Crippen molar-refractivity contribution in [1.82, 2.24) is 4.98 Å². The van der Waals surface area contributed by atoms with E-state index in [4.69, 9.17) is 5.73 Å². The molecule has 0 saturated carbocycles. The highest BCUT2D eigenvalue weighted by Gasteiger charge is 2.14. The second-order valence-electron chi connectivity index (χ2n) is 4.39. The zero-order valence-corrected chi connectivity index (χ0v) is 9.46. The molecule has 0 atom stereocenters. The molecule has 0 bridgehead atoms. The molecular weight excluding hydrogens is 209 g/mol. The lowest BCUT2D eigenvalue weighted by Gasteiger charge is -2.17. The van der Waals surface area contributed by atoms with Gasteiger partial charge < -0.3 is 11.1 Å². The topological polar surface area (TPSA) is 68.0 Å². The van der Waals surface area contributed by atoms with Crippen LogP contribution in [0.5, 0.6) is 0 Å². The first kappa shape index (κ1) is 12.6. The number of nitrogens with one attached hydrogen (secondary N) is 1. The summed E-state index contributed by atoms with van der Waals surface area (Å²) < 4.78 is 13.1. The van der Waals surface area contributed by atoms with Crippen molar-refractivity contribution < 1.29 is 9.18 Å². The number of pyridine rings is 1. The number of hydrogen-bond acceptors (Lipinski definition) is 3. The maximum atomic E-state index is 13.1. The van der Waals surface area contributed by atoms with E-state index in [9.17, 15) is 9.18 Å². The van der Waals surface area contributed by atoms with Crippen molar-refractivity contribution in [1.29, 1.82) is 0 Å². The van der Waals surface area contributed by atoms with Crippen LogP contribution in [0.2, 0.25) is 0 Å². The second-order valence-corrected chi connectivity index (χ2v) is 4.39. The van der Waals surface area contributed by atoms with E-state index in [2.05, 4.69) is 10.3 Å². The quantitative estimate of drug-likeness (QED) is 0.819. The van der Waals surface area contributed by atoms with Crippen LogP contribution in [0.1, 0.15) is 26.7 Å². The normalized spacial score (nSPS) is 11.2. The molecule has 1 aromatic heterocycles. The molecule has 0 aliphatic rings. The Bertz CT molecular complexity index is 374. The number of amides is 1. The molecule has 1 amide bonds. The standard InChI is InChI=1S/C11H16FN3O/c1-11(2,13)5-3-10(16)15-9-4-6-14-7-8(9)12/h4,6-7H,3,5,13H2,1-2H3,(H,14,15,16). The number of nitrogens with two attached hydrogens (primary N) is 1. The first-order valence-corrected chi connectivity index (χ1v) is 5.07. The van der Waals surface area contributed by atoms with Crippen molar-refractivity contribution in [3.05, 3.63) is 24.3 Å². The minimum Gasteiger partial charge on any atom is -0.326 e. The van der Waals surface area contributed by atoms with Crippen LogP contribution >= 0.6 is 0 Å². The van der Waals surface area contributed by atoms with Gasteiger partial charge in [-0.3, -0.25) is 9.78 Å². The van der Waals surface area contributed by atoms with E-state index in [0.717, 1.165) is 6.20 Å². The van der Waals surface area contributed by atoms with Crippen LogP contribution in [0, 0.1) is 5.82 Å². The largest absolute Gasteiger partial charge is 0.326 e. The minimum atomic E-state index is -0.539. The Balaban J connectivity index is 2.50. The Morgan fingerprint density at radius 2 is 2.31 bits per heavy atom. The summed E-state index contributed by atoms with van der Waals surface area (Å²) in [4.78, 5) is 15.0. The molecule has 0 saturated heterocycles. The first-order chi connectivity index (χ1) is 7.38. The van der Waals surface area contributed by atoms with Gasteiger partial charge in [0.1, 0.15) is 0 Å². The third-order valence-electron chi connectivity index (χ3n) is 2.04. The number of aromatic nitrogens is 1. The summed E-state index contributed by atoms with van der Waals surface area (Å²) in [5.41, 5.74) is 5.50. The number of carbonyl (C=O) groups excluding carboxylic acids is 1. The Kier molecular flexibility index (Phi) is 3.95. The number of carbonyl (C=O) groups is 1. The number of nitrogens with zero attached hydrogens (tertiary/aromatic N) is 1. The van der Waals surface area contributed by atoms with Crippen LogP contribution in [-0.4, -0.2) is 16.4 Å². The summed E-state index contributed by atoms with van der Waals surface area (Å²) >= 11 is 0. The molecule has 0 aliphatic carbocycles. The van der Waals surface area contributed by atoms with E-state index in [-0.39, 0.29) is 18.0 Å². The predicted octanol–water partition coefficient (Wildman–Crippen LogP) is 1.68. The molecule has 0 fully saturated rings. The maximum Gasteiger partial charge on any atom is 0.224 e. The minimum absolute atomic E-state index is 0.148. The Hall–Kier alpha value is -1.49. The highest BCUT2D eigenvalue weighted by molar-refractivity contribution is 5.90. The fourth-order valence-electron chi connectivity index (χ4n) is 1.12. The SMILES string of the molecule is CC(C)(N)CCC(=O)Nc1ccncc1F. The lowest BCUT2D eigenvalue weighted by atomic mass is 10.00. The molecule has 16 heavy (non-hydrogen) atoms. The van der Waals surface area contributed by atoms with E-state index in [1.54, 1.807) is 0 Å². The lowest BCUT2D eigenvalue weighted by Crippen LogP contribution is -2.33. The van der Waals surface area contributed by atoms with Gasteiger partial charge in [-0.1, -0.05) is 0 Å². The molecular formula is C11H16FN3O. The predicted molar refractivity (Wildman–Crippen MR) is 60.3 cm³/mol. The molecule has 0 unspecified atom stereocenters. The van der Waals surface area contributed by atoms with Crippen molar-refractivity contribution in [2.24, 2.45) is 5.73 Å². The van der Waals surface area contributed by atoms with Crippen molar-refractivity contribution in [3.63, 3.8) is 0 Å². The van der Waals surface area contributed by atoms with Gasteiger partial charge in [0.15, 0.2) is 5.82 Å². The molecule has 1 aromatic rings. The summed E-state index contributed by atoms with van der Waals surface area (Å²) in [5.74, 6) is -0.786. The van der Waals surface area contributed by atoms with Gasteiger partial charge in [-0.25, -0.2) is 4.39 Å². The molecule has 5 heteroatoms. The van der Waals surface area contributed by atoms with Crippen LogP contribution in [0.15, 0.2) is 18.5 Å². The third-order valence-corrected chi connectivity index (χ3v) is 2.04. The molecule has 4 nitrogen and oxygen atoms in total. The maximum absolute atomic E-state index is 13.1. The van der Waals surface area contributed by atoms with E-state index in [0.29, 0.717) is 6.42 Å². The zero-order chi connectivity index (χ0) is 12.2. The number of hydrogen-bond donors (Lipinski definition) is 2. The van der Waals surface area contributed by atoms with Gasteiger partial charge in [-0.15, -0.1) is 0 Å². The monoisotopic (exact) mass is 225 g/mol. The van der Waals surface area contributed by atoms with Crippen LogP contribution in [0.4, 0.5) is 10.1 Å². The van der Waals surface area contributed by atoms with Gasteiger partial charge in [0.2, 0.25) is 5.91 Å². The van der Waals surface area contributed by atoms with Crippen molar-refractivity contribution in [3.8, 4) is 0 Å². The first-order valence-electron chi connectivity index (χ1n) is 5.07. The third kappa shape index (κ3) is 4.35. The highest BCUT2D eigenvalue weighted by atomic mass is 19.1. The van der Waals surface area contributed by atoms with Crippen molar-refractivity contribution in [2.75, 3.05) is 5.32 Å². The molecule has 1 rings (SSSR count). The van der Waals surface area contributed by atoms with Gasteiger partial charge in [-0.05, 0) is 26.3 Å². The summed E-state index contributed by atoms with van der Waals surface area (Å²) in [7, 11) is 0. The van der Waals surface area contributed by atoms with Gasteiger partial charge in [0.05, 0.1) is 11.9 Å². The van der Waals surface area contributed by atoms with Gasteiger partial charge in [0.25, 0.3) is 0 Å². The number of rotatable bonds is 4. The van der Waals surface area contributed by atoms with E-state index < -0.39 is 11.4 Å². The Morgan fingerprint density at radius 1 is 1.62 bits per heavy atom. The van der Waals surface area contributed by atoms with Crippen molar-refractivity contribution >= 4 is 11.6 Å². The van der Waals surface area contributed by atoms with Gasteiger partial charge in [-0.2, -0.15) is 0 Å². The summed E-state index contributed by atoms with van der Waals surface area (Å²) in [6.45, 7) is 3.68. The molecule has 0 radical (unpaired) electrons. The van der Waals surface area contributed by atoms with Gasteiger partial charge >= 0.3 is 0 Å². The fraction of sp³-hybridized carbons (Fsp3) is 0.455. The smallest absolute Gasteiger partial charge is 0.224 e. The van der Waals surface area contributed by atoms with Gasteiger partial charge in [0, 0.05) is 18.2 Å². The Labute approximate surface area is 94.1 Å². The second kappa shape index (κ2) is 5.03. The average Bonchev–Trinajstić information content (AvgIpc) is 2.18. The highest BCUT2D eigenvalue weighted by Crippen LogP contribution is 2.13. The van der Waals surface area contributed by atoms with E-state index in [1.807, 2.05) is 13.8 Å². The number of anilines is 1. The zero-order valence-electron chi connectivity index (χ0n) is 9.46. The van der Waals surface area contributed by atoms with Crippen LogP contribution in [-0.2, 0) is 4.79 Å². The van der Waals surface area contributed by atoms with Crippen molar-refractivity contribution in [2.45, 2.75) is 32.2 Å². The molecule has 0 aliphatic heterocycles. The lowest BCUT2D eigenvalue weighted by molar-refractivity contribution is -0.116. The molecule has 1 heterocycles. The fourth-order valence-corrected chi connectivity index (χ4v) is 1.12. The average molecular weight is 225 g/mol.